The van der Waals surface area contributed by atoms with Crippen LogP contribution in [0.2, 0.25) is 0 Å². The third-order valence-electron chi connectivity index (χ3n) is 3.73. The molecule has 104 valence electrons. The van der Waals surface area contributed by atoms with Gasteiger partial charge in [0.1, 0.15) is 6.04 Å². The molecule has 0 spiro atoms. The highest BCUT2D eigenvalue weighted by molar-refractivity contribution is 6.11. The Bertz CT molecular complexity index is 792. The highest BCUT2D eigenvalue weighted by Gasteiger charge is 2.37. The molecule has 0 aromatic heterocycles. The van der Waals surface area contributed by atoms with Crippen LogP contribution in [0.25, 0.3) is 10.8 Å². The predicted octanol–water partition coefficient (Wildman–Crippen LogP) is 2.33. The summed E-state index contributed by atoms with van der Waals surface area (Å²) in [5, 5.41) is 19.9. The molecule has 21 heavy (non-hydrogen) atoms. The Labute approximate surface area is 121 Å². The number of rotatable bonds is 3. The van der Waals surface area contributed by atoms with Crippen molar-refractivity contribution in [3.8, 4) is 6.07 Å². The molecule has 1 heterocycles. The van der Waals surface area contributed by atoms with Crippen LogP contribution in [0.3, 0.4) is 0 Å². The number of amides is 1. The van der Waals surface area contributed by atoms with Gasteiger partial charge in [0.15, 0.2) is 0 Å². The number of benzene rings is 2. The molecule has 1 N–H and O–H groups in total. The number of nitriles is 1. The summed E-state index contributed by atoms with van der Waals surface area (Å²) in [7, 11) is 0. The minimum Gasteiger partial charge on any atom is -0.481 e. The summed E-state index contributed by atoms with van der Waals surface area (Å²) in [5.74, 6) is -1.25. The molecule has 0 fully saturated rings. The number of carboxylic acids is 1. The summed E-state index contributed by atoms with van der Waals surface area (Å²) in [6, 6.07) is 12.5. The van der Waals surface area contributed by atoms with Gasteiger partial charge in [-0.3, -0.25) is 9.59 Å². The van der Waals surface area contributed by atoms with Gasteiger partial charge < -0.3 is 10.0 Å². The van der Waals surface area contributed by atoms with Gasteiger partial charge in [0.2, 0.25) is 0 Å². The molecule has 0 bridgehead atoms. The van der Waals surface area contributed by atoms with Crippen molar-refractivity contribution in [2.75, 3.05) is 6.54 Å². The fourth-order valence-corrected chi connectivity index (χ4v) is 2.77. The van der Waals surface area contributed by atoms with Crippen LogP contribution in [-0.4, -0.2) is 28.4 Å². The van der Waals surface area contributed by atoms with Gasteiger partial charge in [-0.2, -0.15) is 5.26 Å². The summed E-state index contributed by atoms with van der Waals surface area (Å²) in [6.45, 7) is 0.0371. The van der Waals surface area contributed by atoms with E-state index in [1.54, 1.807) is 6.07 Å². The number of fused-ring (bicyclic) bond motifs is 3. The van der Waals surface area contributed by atoms with E-state index in [2.05, 4.69) is 6.07 Å². The van der Waals surface area contributed by atoms with Gasteiger partial charge in [0.25, 0.3) is 5.91 Å². The van der Waals surface area contributed by atoms with Crippen molar-refractivity contribution in [3.05, 3.63) is 47.5 Å². The van der Waals surface area contributed by atoms with Crippen LogP contribution in [0, 0.1) is 11.3 Å². The van der Waals surface area contributed by atoms with Gasteiger partial charge in [-0.1, -0.05) is 36.4 Å². The Morgan fingerprint density at radius 2 is 2.05 bits per heavy atom. The first-order chi connectivity index (χ1) is 10.1. The summed E-state index contributed by atoms with van der Waals surface area (Å²) < 4.78 is 0. The largest absolute Gasteiger partial charge is 0.481 e. The van der Waals surface area contributed by atoms with Crippen molar-refractivity contribution >= 4 is 22.6 Å². The van der Waals surface area contributed by atoms with Gasteiger partial charge in [-0.05, 0) is 10.8 Å². The zero-order valence-electron chi connectivity index (χ0n) is 11.1. The Morgan fingerprint density at radius 1 is 1.29 bits per heavy atom. The SMILES string of the molecule is N#CC1c2ccc3ccccc3c2C(=O)N1CCC(=O)O. The van der Waals surface area contributed by atoms with Crippen LogP contribution in [0.5, 0.6) is 0 Å². The summed E-state index contributed by atoms with van der Waals surface area (Å²) >= 11 is 0. The molecule has 0 saturated heterocycles. The fraction of sp³-hybridized carbons (Fsp3) is 0.188. The number of nitrogens with zero attached hydrogens (tertiary/aromatic N) is 2. The zero-order valence-corrected chi connectivity index (χ0v) is 11.1. The van der Waals surface area contributed by atoms with Crippen LogP contribution in [0.1, 0.15) is 28.4 Å². The van der Waals surface area contributed by atoms with Crippen molar-refractivity contribution in [1.29, 1.82) is 5.26 Å². The molecule has 5 heteroatoms. The normalized spacial score (nSPS) is 16.8. The molecule has 2 aromatic rings. The number of aliphatic carboxylic acids is 1. The molecule has 0 aliphatic carbocycles. The third kappa shape index (κ3) is 2.01. The first-order valence-electron chi connectivity index (χ1n) is 6.57. The van der Waals surface area contributed by atoms with Crippen LogP contribution < -0.4 is 0 Å². The van der Waals surface area contributed by atoms with E-state index >= 15 is 0 Å². The summed E-state index contributed by atoms with van der Waals surface area (Å²) in [4.78, 5) is 24.6. The van der Waals surface area contributed by atoms with Crippen molar-refractivity contribution in [3.63, 3.8) is 0 Å². The maximum absolute atomic E-state index is 12.6. The Balaban J connectivity index is 2.11. The number of carboxylic acid groups (broad SMARTS) is 1. The van der Waals surface area contributed by atoms with E-state index < -0.39 is 12.0 Å². The Hall–Kier alpha value is -2.87. The predicted molar refractivity (Wildman–Crippen MR) is 75.6 cm³/mol. The van der Waals surface area contributed by atoms with E-state index in [9.17, 15) is 14.9 Å². The molecule has 1 atom stereocenters. The lowest BCUT2D eigenvalue weighted by Crippen LogP contribution is -2.29. The Morgan fingerprint density at radius 3 is 2.76 bits per heavy atom. The first kappa shape index (κ1) is 13.1. The summed E-state index contributed by atoms with van der Waals surface area (Å²) in [6.07, 6.45) is -0.171. The van der Waals surface area contributed by atoms with E-state index in [4.69, 9.17) is 5.11 Å². The highest BCUT2D eigenvalue weighted by Crippen LogP contribution is 2.37. The van der Waals surface area contributed by atoms with Crippen LogP contribution in [0.15, 0.2) is 36.4 Å². The quantitative estimate of drug-likeness (QED) is 0.935. The maximum Gasteiger partial charge on any atom is 0.305 e. The molecule has 1 aliphatic heterocycles. The monoisotopic (exact) mass is 280 g/mol. The second-order valence-corrected chi connectivity index (χ2v) is 4.92. The lowest BCUT2D eigenvalue weighted by Gasteiger charge is -2.18. The molecule has 1 aliphatic rings. The number of hydrogen-bond acceptors (Lipinski definition) is 3. The van der Waals surface area contributed by atoms with E-state index in [-0.39, 0.29) is 18.9 Å². The average molecular weight is 280 g/mol. The third-order valence-corrected chi connectivity index (χ3v) is 3.73. The average Bonchev–Trinajstić information content (AvgIpc) is 2.77. The fourth-order valence-electron chi connectivity index (χ4n) is 2.77. The molecule has 0 radical (unpaired) electrons. The van der Waals surface area contributed by atoms with Crippen molar-refractivity contribution in [2.45, 2.75) is 12.5 Å². The molecule has 3 rings (SSSR count). The van der Waals surface area contributed by atoms with Crippen molar-refractivity contribution in [1.82, 2.24) is 4.90 Å². The minimum absolute atomic E-state index is 0.0371. The molecule has 1 unspecified atom stereocenters. The van der Waals surface area contributed by atoms with Crippen LogP contribution >= 0.6 is 0 Å². The molecule has 1 amide bonds. The maximum atomic E-state index is 12.6. The Kier molecular flexibility index (Phi) is 3.07. The molecular formula is C16H12N2O3. The van der Waals surface area contributed by atoms with E-state index in [1.165, 1.54) is 4.90 Å². The topological polar surface area (TPSA) is 81.4 Å². The van der Waals surface area contributed by atoms with Crippen molar-refractivity contribution in [2.24, 2.45) is 0 Å². The van der Waals surface area contributed by atoms with Gasteiger partial charge in [-0.25, -0.2) is 0 Å². The van der Waals surface area contributed by atoms with Crippen molar-refractivity contribution < 1.29 is 14.7 Å². The van der Waals surface area contributed by atoms with E-state index in [0.29, 0.717) is 11.1 Å². The van der Waals surface area contributed by atoms with Gasteiger partial charge >= 0.3 is 5.97 Å². The van der Waals surface area contributed by atoms with Gasteiger partial charge in [-0.15, -0.1) is 0 Å². The van der Waals surface area contributed by atoms with E-state index in [0.717, 1.165) is 10.8 Å². The van der Waals surface area contributed by atoms with E-state index in [1.807, 2.05) is 30.3 Å². The van der Waals surface area contributed by atoms with Crippen LogP contribution in [-0.2, 0) is 4.79 Å². The number of carbonyl (C=O) groups excluding carboxylic acids is 1. The molecular weight excluding hydrogens is 268 g/mol. The minimum atomic E-state index is -0.986. The number of hydrogen-bond donors (Lipinski definition) is 1. The smallest absolute Gasteiger partial charge is 0.305 e. The van der Waals surface area contributed by atoms with Crippen LogP contribution in [0.4, 0.5) is 0 Å². The lowest BCUT2D eigenvalue weighted by molar-refractivity contribution is -0.137. The molecule has 0 saturated carbocycles. The molecule has 5 nitrogen and oxygen atoms in total. The second kappa shape index (κ2) is 4.91. The lowest BCUT2D eigenvalue weighted by atomic mass is 9.98. The zero-order chi connectivity index (χ0) is 15.0. The summed E-state index contributed by atoms with van der Waals surface area (Å²) in [5.41, 5.74) is 1.18. The second-order valence-electron chi connectivity index (χ2n) is 4.92. The highest BCUT2D eigenvalue weighted by atomic mass is 16.4. The first-order valence-corrected chi connectivity index (χ1v) is 6.57. The van der Waals surface area contributed by atoms with Gasteiger partial charge in [0.05, 0.1) is 18.1 Å². The number of carbonyl (C=O) groups is 2. The molecule has 2 aromatic carbocycles. The van der Waals surface area contributed by atoms with Gasteiger partial charge in [0, 0.05) is 12.1 Å². The standard InChI is InChI=1S/C16H12N2O3/c17-9-13-12-6-5-10-3-1-2-4-11(10)15(12)16(21)18(13)8-7-14(19)20/h1-6,13H,7-8H2,(H,19,20).